The summed E-state index contributed by atoms with van der Waals surface area (Å²) in [6, 6.07) is 15.0. The Morgan fingerprint density at radius 3 is 2.71 bits per heavy atom. The molecular weight excluding hydrogens is 412 g/mol. The zero-order chi connectivity index (χ0) is 21.8. The molecule has 0 bridgehead atoms. The highest BCUT2D eigenvalue weighted by molar-refractivity contribution is 7.18. The molecule has 0 radical (unpaired) electrons. The van der Waals surface area contributed by atoms with Gasteiger partial charge in [0.05, 0.1) is 28.0 Å². The van der Waals surface area contributed by atoms with Gasteiger partial charge in [0.2, 0.25) is 11.8 Å². The third-order valence-electron chi connectivity index (χ3n) is 6.18. The van der Waals surface area contributed by atoms with Crippen LogP contribution in [0.4, 0.5) is 5.69 Å². The van der Waals surface area contributed by atoms with Crippen LogP contribution in [0.5, 0.6) is 0 Å². The predicted octanol–water partition coefficient (Wildman–Crippen LogP) is 3.25. The molecule has 7 nitrogen and oxygen atoms in total. The fourth-order valence-corrected chi connectivity index (χ4v) is 5.50. The van der Waals surface area contributed by atoms with Crippen LogP contribution in [0, 0.1) is 0 Å². The monoisotopic (exact) mass is 434 g/mol. The molecule has 158 valence electrons. The van der Waals surface area contributed by atoms with Gasteiger partial charge in [0.25, 0.3) is 5.91 Å². The molecule has 31 heavy (non-hydrogen) atoms. The van der Waals surface area contributed by atoms with Crippen LogP contribution in [0.25, 0.3) is 10.2 Å². The lowest BCUT2D eigenvalue weighted by Gasteiger charge is -2.48. The van der Waals surface area contributed by atoms with Gasteiger partial charge >= 0.3 is 0 Å². The van der Waals surface area contributed by atoms with E-state index in [9.17, 15) is 14.4 Å². The molecule has 1 atom stereocenters. The van der Waals surface area contributed by atoms with E-state index in [2.05, 4.69) is 4.98 Å². The number of fused-ring (bicyclic) bond motifs is 4. The second-order valence-corrected chi connectivity index (χ2v) is 9.29. The lowest BCUT2D eigenvalue weighted by molar-refractivity contribution is -0.132. The molecular formula is C23H22N4O3S. The molecule has 1 fully saturated rings. The summed E-state index contributed by atoms with van der Waals surface area (Å²) < 4.78 is 1.08. The van der Waals surface area contributed by atoms with Crippen LogP contribution >= 0.6 is 11.3 Å². The minimum atomic E-state index is -0.838. The number of nitrogens with zero attached hydrogens (tertiary/aromatic N) is 4. The van der Waals surface area contributed by atoms with Crippen LogP contribution in [-0.4, -0.2) is 51.8 Å². The maximum Gasteiger partial charge on any atom is 0.258 e. The van der Waals surface area contributed by atoms with Crippen molar-refractivity contribution in [2.24, 2.45) is 0 Å². The average Bonchev–Trinajstić information content (AvgIpc) is 3.31. The number of carbonyl (C=O) groups is 3. The number of anilines is 1. The molecule has 1 unspecified atom stereocenters. The number of carbonyl (C=O) groups excluding carboxylic acids is 3. The minimum absolute atomic E-state index is 0.0253. The van der Waals surface area contributed by atoms with Crippen LogP contribution in [0.3, 0.4) is 0 Å². The Hall–Kier alpha value is -3.26. The van der Waals surface area contributed by atoms with Crippen molar-refractivity contribution in [1.82, 2.24) is 14.8 Å². The summed E-state index contributed by atoms with van der Waals surface area (Å²) in [4.78, 5) is 48.5. The van der Waals surface area contributed by atoms with Gasteiger partial charge < -0.3 is 9.80 Å². The highest BCUT2D eigenvalue weighted by atomic mass is 32.1. The van der Waals surface area contributed by atoms with E-state index in [1.165, 1.54) is 0 Å². The quantitative estimate of drug-likeness (QED) is 0.632. The Bertz CT molecular complexity index is 1190. The summed E-state index contributed by atoms with van der Waals surface area (Å²) >= 11 is 1.56. The third kappa shape index (κ3) is 3.09. The number of hydrogen-bond acceptors (Lipinski definition) is 5. The van der Waals surface area contributed by atoms with Crippen molar-refractivity contribution in [3.05, 3.63) is 59.1 Å². The fourth-order valence-electron chi connectivity index (χ4n) is 4.48. The first kappa shape index (κ1) is 19.7. The number of aromatic nitrogens is 1. The summed E-state index contributed by atoms with van der Waals surface area (Å²) in [5.74, 6) is -0.430. The van der Waals surface area contributed by atoms with Crippen molar-refractivity contribution >= 4 is 45.0 Å². The Labute approximate surface area is 183 Å². The number of thiazole rings is 1. The van der Waals surface area contributed by atoms with Gasteiger partial charge in [-0.25, -0.2) is 4.98 Å². The number of likely N-dealkylation sites (N-methyl/N-ethyl adjacent to an activating group) is 1. The molecule has 0 N–H and O–H groups in total. The Kier molecular flexibility index (Phi) is 4.55. The molecule has 2 aliphatic heterocycles. The number of para-hydroxylation sites is 2. The lowest BCUT2D eigenvalue weighted by atomic mass is 9.98. The smallest absolute Gasteiger partial charge is 0.258 e. The standard InChI is InChI=1S/C23H22N4O3S/c1-23-12-11-20(28)27(23)17-9-5-3-7-15(17)22(30)26(23)14-21(29)25(2)13-19-24-16-8-4-6-10-18(16)31-19/h3-10H,11-14H2,1-2H3. The minimum Gasteiger partial charge on any atom is -0.337 e. The molecule has 2 aliphatic rings. The number of rotatable bonds is 4. The molecule has 5 rings (SSSR count). The third-order valence-corrected chi connectivity index (χ3v) is 7.20. The topological polar surface area (TPSA) is 73.8 Å². The molecule has 1 aromatic heterocycles. The first-order valence-electron chi connectivity index (χ1n) is 10.2. The molecule has 0 saturated carbocycles. The van der Waals surface area contributed by atoms with Crippen molar-refractivity contribution < 1.29 is 14.4 Å². The molecule has 0 aliphatic carbocycles. The van der Waals surface area contributed by atoms with Crippen molar-refractivity contribution in [3.8, 4) is 0 Å². The number of amides is 3. The van der Waals surface area contributed by atoms with E-state index in [0.29, 0.717) is 30.6 Å². The van der Waals surface area contributed by atoms with Crippen LogP contribution in [0.2, 0.25) is 0 Å². The summed E-state index contributed by atoms with van der Waals surface area (Å²) in [6.07, 6.45) is 0.852. The van der Waals surface area contributed by atoms with E-state index in [1.54, 1.807) is 51.3 Å². The second kappa shape index (κ2) is 7.16. The summed E-state index contributed by atoms with van der Waals surface area (Å²) in [5.41, 5.74) is 1.16. The van der Waals surface area contributed by atoms with Gasteiger partial charge in [-0.3, -0.25) is 19.3 Å². The molecule has 3 heterocycles. The van der Waals surface area contributed by atoms with E-state index in [-0.39, 0.29) is 24.3 Å². The highest BCUT2D eigenvalue weighted by Crippen LogP contribution is 2.43. The maximum absolute atomic E-state index is 13.3. The number of hydrogen-bond donors (Lipinski definition) is 0. The molecule has 0 spiro atoms. The number of benzene rings is 2. The van der Waals surface area contributed by atoms with E-state index in [1.807, 2.05) is 37.3 Å². The molecule has 1 saturated heterocycles. The largest absolute Gasteiger partial charge is 0.337 e. The predicted molar refractivity (Wildman–Crippen MR) is 119 cm³/mol. The van der Waals surface area contributed by atoms with Crippen molar-refractivity contribution in [1.29, 1.82) is 0 Å². The van der Waals surface area contributed by atoms with Crippen molar-refractivity contribution in [3.63, 3.8) is 0 Å². The second-order valence-electron chi connectivity index (χ2n) is 8.18. The van der Waals surface area contributed by atoms with Gasteiger partial charge in [-0.2, -0.15) is 0 Å². The Morgan fingerprint density at radius 1 is 1.16 bits per heavy atom. The van der Waals surface area contributed by atoms with Gasteiger partial charge in [-0.05, 0) is 37.6 Å². The highest BCUT2D eigenvalue weighted by Gasteiger charge is 2.53. The fraction of sp³-hybridized carbons (Fsp3) is 0.304. The zero-order valence-corrected chi connectivity index (χ0v) is 18.2. The molecule has 8 heteroatoms. The Balaban J connectivity index is 1.40. The van der Waals surface area contributed by atoms with E-state index in [4.69, 9.17) is 0 Å². The van der Waals surface area contributed by atoms with Gasteiger partial charge in [-0.15, -0.1) is 11.3 Å². The van der Waals surface area contributed by atoms with E-state index >= 15 is 0 Å². The summed E-state index contributed by atoms with van der Waals surface area (Å²) in [7, 11) is 1.72. The Morgan fingerprint density at radius 2 is 1.90 bits per heavy atom. The van der Waals surface area contributed by atoms with Crippen LogP contribution in [0.15, 0.2) is 48.5 Å². The molecule has 3 amide bonds. The zero-order valence-electron chi connectivity index (χ0n) is 17.4. The molecule has 2 aromatic carbocycles. The van der Waals surface area contributed by atoms with Crippen molar-refractivity contribution in [2.45, 2.75) is 32.0 Å². The summed E-state index contributed by atoms with van der Waals surface area (Å²) in [6.45, 7) is 2.15. The SMILES string of the molecule is CN(Cc1nc2ccccc2s1)C(=O)CN1C(=O)c2ccccc2N2C(=O)CCC12C. The van der Waals surface area contributed by atoms with Gasteiger partial charge in [0.15, 0.2) is 0 Å². The van der Waals surface area contributed by atoms with E-state index < -0.39 is 5.66 Å². The average molecular weight is 435 g/mol. The van der Waals surface area contributed by atoms with Gasteiger partial charge in [0, 0.05) is 13.5 Å². The summed E-state index contributed by atoms with van der Waals surface area (Å²) in [5, 5.41) is 0.844. The van der Waals surface area contributed by atoms with Crippen LogP contribution in [0.1, 0.15) is 35.1 Å². The normalized spacial score (nSPS) is 20.2. The van der Waals surface area contributed by atoms with Crippen molar-refractivity contribution in [2.75, 3.05) is 18.5 Å². The van der Waals surface area contributed by atoms with Gasteiger partial charge in [-0.1, -0.05) is 24.3 Å². The van der Waals surface area contributed by atoms with E-state index in [0.717, 1.165) is 15.2 Å². The maximum atomic E-state index is 13.3. The first-order valence-corrected chi connectivity index (χ1v) is 11.0. The van der Waals surface area contributed by atoms with Gasteiger partial charge in [0.1, 0.15) is 17.2 Å². The molecule has 3 aromatic rings. The van der Waals surface area contributed by atoms with Crippen LogP contribution in [-0.2, 0) is 16.1 Å². The van der Waals surface area contributed by atoms with Crippen LogP contribution < -0.4 is 4.90 Å². The lowest BCUT2D eigenvalue weighted by Crippen LogP contribution is -2.63. The first-order chi connectivity index (χ1) is 14.9.